The Morgan fingerprint density at radius 3 is 3.21 bits per heavy atom. The minimum atomic E-state index is -0.264. The Balaban J connectivity index is 2.24. The molecule has 0 spiro atoms. The molecule has 0 aromatic carbocycles. The zero-order valence-electron chi connectivity index (χ0n) is 8.49. The molecule has 3 heteroatoms. The number of carbonyl (C=O) groups excluding carboxylic acids is 1. The van der Waals surface area contributed by atoms with E-state index in [-0.39, 0.29) is 5.97 Å². The Hall–Kier alpha value is -1.09. The highest BCUT2D eigenvalue weighted by Crippen LogP contribution is 2.11. The standard InChI is InChI=1S/C11H16O3/c1-2-14-11(12)5-3-4-10-6-8-13-9-7-10/h3,5-6H,2,4,7-9H2,1H3/b5-3+. The van der Waals surface area contributed by atoms with Gasteiger partial charge in [-0.05, 0) is 19.8 Å². The number of ether oxygens (including phenoxy) is 2. The van der Waals surface area contributed by atoms with Crippen molar-refractivity contribution in [2.45, 2.75) is 19.8 Å². The molecule has 0 atom stereocenters. The summed E-state index contributed by atoms with van der Waals surface area (Å²) in [5, 5.41) is 0. The lowest BCUT2D eigenvalue weighted by molar-refractivity contribution is -0.137. The molecule has 0 N–H and O–H groups in total. The van der Waals surface area contributed by atoms with Gasteiger partial charge in [-0.25, -0.2) is 4.79 Å². The van der Waals surface area contributed by atoms with Crippen molar-refractivity contribution in [2.24, 2.45) is 0 Å². The van der Waals surface area contributed by atoms with Crippen LogP contribution in [0, 0.1) is 0 Å². The summed E-state index contributed by atoms with van der Waals surface area (Å²) >= 11 is 0. The van der Waals surface area contributed by atoms with E-state index in [9.17, 15) is 4.79 Å². The highest BCUT2D eigenvalue weighted by Gasteiger charge is 2.01. The van der Waals surface area contributed by atoms with Crippen LogP contribution in [-0.4, -0.2) is 25.8 Å². The largest absolute Gasteiger partial charge is 0.463 e. The maximum atomic E-state index is 10.9. The van der Waals surface area contributed by atoms with Crippen LogP contribution < -0.4 is 0 Å². The monoisotopic (exact) mass is 196 g/mol. The van der Waals surface area contributed by atoms with Gasteiger partial charge >= 0.3 is 5.97 Å². The maximum absolute atomic E-state index is 10.9. The van der Waals surface area contributed by atoms with Gasteiger partial charge in [0.2, 0.25) is 0 Å². The van der Waals surface area contributed by atoms with Gasteiger partial charge in [0.25, 0.3) is 0 Å². The molecule has 0 radical (unpaired) electrons. The van der Waals surface area contributed by atoms with E-state index in [2.05, 4.69) is 6.08 Å². The first kappa shape index (κ1) is 11.0. The van der Waals surface area contributed by atoms with Crippen molar-refractivity contribution >= 4 is 5.97 Å². The molecular formula is C11H16O3. The highest BCUT2D eigenvalue weighted by molar-refractivity contribution is 5.81. The van der Waals surface area contributed by atoms with Gasteiger partial charge in [0.1, 0.15) is 0 Å². The smallest absolute Gasteiger partial charge is 0.330 e. The summed E-state index contributed by atoms with van der Waals surface area (Å²) in [5.41, 5.74) is 1.33. The van der Waals surface area contributed by atoms with Crippen molar-refractivity contribution in [1.29, 1.82) is 0 Å². The molecule has 14 heavy (non-hydrogen) atoms. The number of carbonyl (C=O) groups is 1. The Morgan fingerprint density at radius 2 is 2.57 bits per heavy atom. The van der Waals surface area contributed by atoms with Crippen LogP contribution in [0.5, 0.6) is 0 Å². The van der Waals surface area contributed by atoms with Crippen molar-refractivity contribution in [2.75, 3.05) is 19.8 Å². The molecule has 0 unspecified atom stereocenters. The molecule has 3 nitrogen and oxygen atoms in total. The second kappa shape index (κ2) is 6.38. The van der Waals surface area contributed by atoms with Crippen molar-refractivity contribution in [3.63, 3.8) is 0 Å². The number of hydrogen-bond acceptors (Lipinski definition) is 3. The molecule has 1 heterocycles. The SMILES string of the molecule is CCOC(=O)/C=C/CC1=CCOCC1. The molecule has 0 aliphatic carbocycles. The fraction of sp³-hybridized carbons (Fsp3) is 0.545. The van der Waals surface area contributed by atoms with Gasteiger partial charge in [-0.1, -0.05) is 17.7 Å². The maximum Gasteiger partial charge on any atom is 0.330 e. The van der Waals surface area contributed by atoms with Crippen molar-refractivity contribution < 1.29 is 14.3 Å². The summed E-state index contributed by atoms with van der Waals surface area (Å²) in [6.45, 7) is 3.72. The Labute approximate surface area is 84.4 Å². The summed E-state index contributed by atoms with van der Waals surface area (Å²) in [6.07, 6.45) is 7.18. The molecule has 1 rings (SSSR count). The van der Waals surface area contributed by atoms with Gasteiger partial charge in [0, 0.05) is 6.08 Å². The lowest BCUT2D eigenvalue weighted by atomic mass is 10.1. The summed E-state index contributed by atoms with van der Waals surface area (Å²) in [5.74, 6) is -0.264. The minimum Gasteiger partial charge on any atom is -0.463 e. The van der Waals surface area contributed by atoms with Crippen LogP contribution >= 0.6 is 0 Å². The van der Waals surface area contributed by atoms with Crippen molar-refractivity contribution in [3.05, 3.63) is 23.8 Å². The molecule has 0 aromatic heterocycles. The molecule has 0 saturated heterocycles. The lowest BCUT2D eigenvalue weighted by Gasteiger charge is -2.11. The van der Waals surface area contributed by atoms with E-state index in [4.69, 9.17) is 9.47 Å². The van der Waals surface area contributed by atoms with Crippen LogP contribution in [0.25, 0.3) is 0 Å². The topological polar surface area (TPSA) is 35.5 Å². The molecule has 0 amide bonds. The number of esters is 1. The number of allylic oxidation sites excluding steroid dienone is 1. The molecule has 0 fully saturated rings. The van der Waals surface area contributed by atoms with E-state index >= 15 is 0 Å². The first-order valence-electron chi connectivity index (χ1n) is 4.92. The van der Waals surface area contributed by atoms with Crippen LogP contribution in [-0.2, 0) is 14.3 Å². The van der Waals surface area contributed by atoms with Crippen LogP contribution in [0.2, 0.25) is 0 Å². The molecule has 1 aliphatic rings. The third-order valence-corrected chi connectivity index (χ3v) is 1.98. The number of rotatable bonds is 4. The second-order valence-electron chi connectivity index (χ2n) is 3.05. The third-order valence-electron chi connectivity index (χ3n) is 1.98. The van der Waals surface area contributed by atoms with Crippen LogP contribution in [0.3, 0.4) is 0 Å². The molecule has 0 bridgehead atoms. The van der Waals surface area contributed by atoms with Gasteiger partial charge in [-0.3, -0.25) is 0 Å². The third kappa shape index (κ3) is 4.23. The fourth-order valence-corrected chi connectivity index (χ4v) is 1.25. The zero-order chi connectivity index (χ0) is 10.2. The molecule has 0 aromatic rings. The van der Waals surface area contributed by atoms with E-state index in [1.165, 1.54) is 11.6 Å². The zero-order valence-corrected chi connectivity index (χ0v) is 8.49. The molecule has 0 saturated carbocycles. The molecular weight excluding hydrogens is 180 g/mol. The summed E-state index contributed by atoms with van der Waals surface area (Å²) in [6, 6.07) is 0. The first-order chi connectivity index (χ1) is 6.83. The molecule has 78 valence electrons. The molecule has 1 aliphatic heterocycles. The van der Waals surface area contributed by atoms with Gasteiger partial charge < -0.3 is 9.47 Å². The van der Waals surface area contributed by atoms with Gasteiger partial charge in [-0.15, -0.1) is 0 Å². The number of hydrogen-bond donors (Lipinski definition) is 0. The lowest BCUT2D eigenvalue weighted by Crippen LogP contribution is -2.04. The van der Waals surface area contributed by atoms with E-state index in [0.717, 1.165) is 19.4 Å². The Kier molecular flexibility index (Phi) is 5.00. The Bertz CT molecular complexity index is 241. The van der Waals surface area contributed by atoms with Crippen LogP contribution in [0.4, 0.5) is 0 Å². The quantitative estimate of drug-likeness (QED) is 0.391. The highest BCUT2D eigenvalue weighted by atomic mass is 16.5. The summed E-state index contributed by atoms with van der Waals surface area (Å²) in [7, 11) is 0. The van der Waals surface area contributed by atoms with Gasteiger partial charge in [0.15, 0.2) is 0 Å². The second-order valence-corrected chi connectivity index (χ2v) is 3.05. The fourth-order valence-electron chi connectivity index (χ4n) is 1.25. The predicted octanol–water partition coefficient (Wildman–Crippen LogP) is 1.84. The average Bonchev–Trinajstić information content (AvgIpc) is 2.20. The first-order valence-corrected chi connectivity index (χ1v) is 4.92. The van der Waals surface area contributed by atoms with Gasteiger partial charge in [0.05, 0.1) is 19.8 Å². The normalized spacial score (nSPS) is 16.8. The Morgan fingerprint density at radius 1 is 1.71 bits per heavy atom. The summed E-state index contributed by atoms with van der Waals surface area (Å²) in [4.78, 5) is 10.9. The van der Waals surface area contributed by atoms with E-state index in [1.807, 2.05) is 6.08 Å². The van der Waals surface area contributed by atoms with E-state index < -0.39 is 0 Å². The van der Waals surface area contributed by atoms with Crippen molar-refractivity contribution in [1.82, 2.24) is 0 Å². The minimum absolute atomic E-state index is 0.264. The van der Waals surface area contributed by atoms with Gasteiger partial charge in [-0.2, -0.15) is 0 Å². The van der Waals surface area contributed by atoms with Crippen LogP contribution in [0.15, 0.2) is 23.8 Å². The van der Waals surface area contributed by atoms with E-state index in [0.29, 0.717) is 13.2 Å². The van der Waals surface area contributed by atoms with Crippen LogP contribution in [0.1, 0.15) is 19.8 Å². The average molecular weight is 196 g/mol. The van der Waals surface area contributed by atoms with E-state index in [1.54, 1.807) is 6.92 Å². The summed E-state index contributed by atoms with van der Waals surface area (Å²) < 4.78 is 9.93. The predicted molar refractivity (Wildman–Crippen MR) is 53.9 cm³/mol. The van der Waals surface area contributed by atoms with Crippen molar-refractivity contribution in [3.8, 4) is 0 Å².